The summed E-state index contributed by atoms with van der Waals surface area (Å²) in [6, 6.07) is 9.05. The zero-order valence-corrected chi connectivity index (χ0v) is 12.7. The molecule has 1 heterocycles. The maximum atomic E-state index is 11.7. The van der Waals surface area contributed by atoms with E-state index in [0.717, 1.165) is 0 Å². The zero-order chi connectivity index (χ0) is 14.2. The summed E-state index contributed by atoms with van der Waals surface area (Å²) in [7, 11) is 1.51. The van der Waals surface area contributed by atoms with Crippen LogP contribution in [0.25, 0.3) is 5.69 Å². The van der Waals surface area contributed by atoms with Crippen LogP contribution >= 0.6 is 22.3 Å². The third-order valence-electron chi connectivity index (χ3n) is 2.61. The number of hydrogen-bond acceptors (Lipinski definition) is 3. The highest BCUT2D eigenvalue weighted by atomic mass is 35.7. The monoisotopic (exact) mass is 318 g/mol. The Labute approximate surface area is 121 Å². The summed E-state index contributed by atoms with van der Waals surface area (Å²) >= 11 is 6.13. The van der Waals surface area contributed by atoms with Crippen molar-refractivity contribution in [3.8, 4) is 5.69 Å². The standard InChI is InChI=1S/C12H12Cl2N2O2S/c1-8(2)10-11(19(14,17)18)12(13)16(15-10)9-6-4-3-5-7-9/h3-8H,1-2H3. The number of nitrogens with zero attached hydrogens (tertiary/aromatic N) is 2. The molecule has 0 saturated carbocycles. The SMILES string of the molecule is CC(C)c1nn(-c2ccccc2)c(Cl)c1S(=O)(=O)Cl. The number of halogens is 2. The Kier molecular flexibility index (Phi) is 3.90. The molecule has 0 aliphatic carbocycles. The lowest BCUT2D eigenvalue weighted by molar-refractivity contribution is 0.607. The van der Waals surface area contributed by atoms with Gasteiger partial charge in [-0.15, -0.1) is 0 Å². The second-order valence-corrected chi connectivity index (χ2v) is 7.21. The Bertz CT molecular complexity index is 694. The van der Waals surface area contributed by atoms with E-state index < -0.39 is 9.05 Å². The molecule has 19 heavy (non-hydrogen) atoms. The van der Waals surface area contributed by atoms with Crippen LogP contribution in [0.15, 0.2) is 35.2 Å². The predicted molar refractivity (Wildman–Crippen MR) is 75.7 cm³/mol. The summed E-state index contributed by atoms with van der Waals surface area (Å²) in [5.41, 5.74) is 1.05. The topological polar surface area (TPSA) is 52.0 Å². The number of hydrogen-bond donors (Lipinski definition) is 0. The number of para-hydroxylation sites is 1. The van der Waals surface area contributed by atoms with E-state index in [0.29, 0.717) is 11.4 Å². The minimum Gasteiger partial charge on any atom is -0.220 e. The van der Waals surface area contributed by atoms with Gasteiger partial charge in [-0.2, -0.15) is 5.10 Å². The van der Waals surface area contributed by atoms with Crippen molar-refractivity contribution in [3.05, 3.63) is 41.2 Å². The first kappa shape index (κ1) is 14.4. The molecule has 1 aromatic carbocycles. The third kappa shape index (κ3) is 2.78. The normalized spacial score (nSPS) is 12.1. The van der Waals surface area contributed by atoms with Crippen LogP contribution < -0.4 is 0 Å². The fourth-order valence-corrected chi connectivity index (χ4v) is 3.67. The summed E-state index contributed by atoms with van der Waals surface area (Å²) in [6.45, 7) is 3.67. The van der Waals surface area contributed by atoms with Gasteiger partial charge in [-0.05, 0) is 18.1 Å². The van der Waals surface area contributed by atoms with Crippen LogP contribution in [0, 0.1) is 0 Å². The van der Waals surface area contributed by atoms with Crippen molar-refractivity contribution in [3.63, 3.8) is 0 Å². The lowest BCUT2D eigenvalue weighted by Crippen LogP contribution is -1.98. The fourth-order valence-electron chi connectivity index (χ4n) is 1.74. The average molecular weight is 319 g/mol. The molecule has 0 radical (unpaired) electrons. The van der Waals surface area contributed by atoms with Crippen LogP contribution in [0.3, 0.4) is 0 Å². The van der Waals surface area contributed by atoms with Crippen molar-refractivity contribution in [1.29, 1.82) is 0 Å². The van der Waals surface area contributed by atoms with Gasteiger partial charge in [-0.1, -0.05) is 43.6 Å². The summed E-state index contributed by atoms with van der Waals surface area (Å²) in [5, 5.41) is 4.27. The Morgan fingerprint density at radius 2 is 1.79 bits per heavy atom. The molecule has 0 N–H and O–H groups in total. The molecule has 0 aliphatic rings. The van der Waals surface area contributed by atoms with Crippen LogP contribution in [-0.4, -0.2) is 18.2 Å². The van der Waals surface area contributed by atoms with Gasteiger partial charge in [-0.3, -0.25) is 0 Å². The van der Waals surface area contributed by atoms with Crippen molar-refractivity contribution in [2.24, 2.45) is 0 Å². The molecule has 0 amide bonds. The third-order valence-corrected chi connectivity index (χ3v) is 4.42. The molecule has 7 heteroatoms. The van der Waals surface area contributed by atoms with Crippen molar-refractivity contribution >= 4 is 31.3 Å². The van der Waals surface area contributed by atoms with Gasteiger partial charge < -0.3 is 0 Å². The highest BCUT2D eigenvalue weighted by Gasteiger charge is 2.28. The van der Waals surface area contributed by atoms with Crippen LogP contribution in [0.2, 0.25) is 5.15 Å². The summed E-state index contributed by atoms with van der Waals surface area (Å²) in [4.78, 5) is -0.116. The second kappa shape index (κ2) is 5.15. The molecule has 0 saturated heterocycles. The molecule has 0 fully saturated rings. The van der Waals surface area contributed by atoms with Gasteiger partial charge >= 0.3 is 0 Å². The van der Waals surface area contributed by atoms with Crippen LogP contribution in [-0.2, 0) is 9.05 Å². The molecular formula is C12H12Cl2N2O2S. The molecule has 0 atom stereocenters. The molecular weight excluding hydrogens is 307 g/mol. The van der Waals surface area contributed by atoms with E-state index in [1.807, 2.05) is 32.0 Å². The van der Waals surface area contributed by atoms with Crippen LogP contribution in [0.1, 0.15) is 25.5 Å². The number of benzene rings is 1. The van der Waals surface area contributed by atoms with E-state index in [1.165, 1.54) is 4.68 Å². The Balaban J connectivity index is 2.74. The van der Waals surface area contributed by atoms with E-state index in [2.05, 4.69) is 5.10 Å². The van der Waals surface area contributed by atoms with E-state index in [-0.39, 0.29) is 16.0 Å². The van der Waals surface area contributed by atoms with Gasteiger partial charge in [0.25, 0.3) is 9.05 Å². The molecule has 4 nitrogen and oxygen atoms in total. The predicted octanol–water partition coefficient (Wildman–Crippen LogP) is 3.58. The first-order valence-electron chi connectivity index (χ1n) is 5.61. The van der Waals surface area contributed by atoms with Crippen LogP contribution in [0.5, 0.6) is 0 Å². The van der Waals surface area contributed by atoms with Crippen molar-refractivity contribution in [2.75, 3.05) is 0 Å². The van der Waals surface area contributed by atoms with Gasteiger partial charge in [0, 0.05) is 10.7 Å². The number of aromatic nitrogens is 2. The Morgan fingerprint density at radius 1 is 1.21 bits per heavy atom. The first-order chi connectivity index (χ1) is 8.82. The fraction of sp³-hybridized carbons (Fsp3) is 0.250. The molecule has 0 spiro atoms. The van der Waals surface area contributed by atoms with E-state index in [9.17, 15) is 8.42 Å². The molecule has 1 aromatic heterocycles. The van der Waals surface area contributed by atoms with E-state index >= 15 is 0 Å². The van der Waals surface area contributed by atoms with Crippen molar-refractivity contribution in [2.45, 2.75) is 24.7 Å². The first-order valence-corrected chi connectivity index (χ1v) is 8.29. The molecule has 102 valence electrons. The van der Waals surface area contributed by atoms with Gasteiger partial charge in [-0.25, -0.2) is 13.1 Å². The lowest BCUT2D eigenvalue weighted by atomic mass is 10.1. The summed E-state index contributed by atoms with van der Waals surface area (Å²) < 4.78 is 24.7. The maximum absolute atomic E-state index is 11.7. The van der Waals surface area contributed by atoms with E-state index in [1.54, 1.807) is 12.1 Å². The Morgan fingerprint density at radius 3 is 2.21 bits per heavy atom. The quantitative estimate of drug-likeness (QED) is 0.813. The van der Waals surface area contributed by atoms with Gasteiger partial charge in [0.1, 0.15) is 4.90 Å². The van der Waals surface area contributed by atoms with E-state index in [4.69, 9.17) is 22.3 Å². The van der Waals surface area contributed by atoms with Gasteiger partial charge in [0.05, 0.1) is 11.4 Å². The highest BCUT2D eigenvalue weighted by molar-refractivity contribution is 8.13. The number of rotatable bonds is 3. The minimum absolute atomic E-state index is 0.00454. The summed E-state index contributed by atoms with van der Waals surface area (Å²) in [6.07, 6.45) is 0. The van der Waals surface area contributed by atoms with Crippen LogP contribution in [0.4, 0.5) is 0 Å². The Hall–Kier alpha value is -1.04. The van der Waals surface area contributed by atoms with Gasteiger partial charge in [0.15, 0.2) is 5.15 Å². The lowest BCUT2D eigenvalue weighted by Gasteiger charge is -2.02. The van der Waals surface area contributed by atoms with Gasteiger partial charge in [0.2, 0.25) is 0 Å². The summed E-state index contributed by atoms with van der Waals surface area (Å²) in [5.74, 6) is -0.106. The zero-order valence-electron chi connectivity index (χ0n) is 10.3. The average Bonchev–Trinajstić information content (AvgIpc) is 2.68. The molecule has 2 aromatic rings. The highest BCUT2D eigenvalue weighted by Crippen LogP contribution is 2.33. The molecule has 0 aliphatic heterocycles. The van der Waals surface area contributed by atoms with Crippen molar-refractivity contribution < 1.29 is 8.42 Å². The largest absolute Gasteiger partial charge is 0.266 e. The maximum Gasteiger partial charge on any atom is 0.266 e. The molecule has 0 bridgehead atoms. The van der Waals surface area contributed by atoms with Crippen molar-refractivity contribution in [1.82, 2.24) is 9.78 Å². The minimum atomic E-state index is -3.94. The second-order valence-electron chi connectivity index (χ2n) is 4.35. The molecule has 2 rings (SSSR count). The molecule has 0 unspecified atom stereocenters. The smallest absolute Gasteiger partial charge is 0.220 e.